The molecule has 0 radical (unpaired) electrons. The van der Waals surface area contributed by atoms with Gasteiger partial charge in [0.1, 0.15) is 0 Å². The predicted molar refractivity (Wildman–Crippen MR) is 114 cm³/mol. The second-order valence-corrected chi connectivity index (χ2v) is 15.1. The van der Waals surface area contributed by atoms with Crippen LogP contribution < -0.4 is 0 Å². The maximum atomic E-state index is 12.9. The molecule has 268 valence electrons. The van der Waals surface area contributed by atoms with Gasteiger partial charge in [0.25, 0.3) is 12.7 Å². The Hall–Kier alpha value is -2.88. The molecule has 28 nitrogen and oxygen atoms in total. The molecule has 6 heterocycles. The molecule has 6 aliphatic heterocycles. The lowest BCUT2D eigenvalue weighted by Gasteiger charge is -2.32. The molecule has 0 aliphatic carbocycles. The zero-order valence-electron chi connectivity index (χ0n) is 20.7. The largest absolute Gasteiger partial charge is 0.455 e. The summed E-state index contributed by atoms with van der Waals surface area (Å²) >= 11 is 0. The summed E-state index contributed by atoms with van der Waals surface area (Å²) in [6.07, 6.45) is -5.95. The highest BCUT2D eigenvalue weighted by molar-refractivity contribution is 7.84. The molecule has 0 aromatic rings. The van der Waals surface area contributed by atoms with Crippen LogP contribution in [0.5, 0.6) is 0 Å². The van der Waals surface area contributed by atoms with E-state index in [2.05, 4.69) is 50.2 Å². The number of carbonyl (C=O) groups is 4. The van der Waals surface area contributed by atoms with Crippen molar-refractivity contribution in [2.45, 2.75) is 24.3 Å². The van der Waals surface area contributed by atoms with Gasteiger partial charge in [-0.05, 0) is 0 Å². The highest BCUT2D eigenvalue weighted by Crippen LogP contribution is 2.44. The van der Waals surface area contributed by atoms with E-state index < -0.39 is 129 Å². The number of hydrogen-bond acceptors (Lipinski definition) is 28. The van der Waals surface area contributed by atoms with Crippen molar-refractivity contribution in [1.82, 2.24) is 0 Å². The fourth-order valence-electron chi connectivity index (χ4n) is 2.92. The predicted octanol–water partition coefficient (Wildman–Crippen LogP) is -6.21. The van der Waals surface area contributed by atoms with Crippen molar-refractivity contribution < 1.29 is 129 Å². The normalized spacial score (nSPS) is 35.4. The molecule has 0 aromatic carbocycles. The first-order valence-corrected chi connectivity index (χ1v) is 18.2. The Morgan fingerprint density at radius 1 is 0.468 bits per heavy atom. The van der Waals surface area contributed by atoms with E-state index >= 15 is 0 Å². The molecular formula is C11H6F2O28S6. The van der Waals surface area contributed by atoms with Crippen molar-refractivity contribution in [2.24, 2.45) is 5.41 Å². The topological polar surface area (TPSA) is 384 Å². The molecule has 6 fully saturated rings. The van der Waals surface area contributed by atoms with Gasteiger partial charge in [-0.1, -0.05) is 0 Å². The minimum absolute atomic E-state index is 0.942. The van der Waals surface area contributed by atoms with Gasteiger partial charge in [-0.3, -0.25) is 0 Å². The van der Waals surface area contributed by atoms with Crippen LogP contribution in [0.1, 0.15) is 0 Å². The van der Waals surface area contributed by atoms with Crippen LogP contribution in [-0.4, -0.2) is 112 Å². The van der Waals surface area contributed by atoms with Crippen molar-refractivity contribution in [1.29, 1.82) is 0 Å². The van der Waals surface area contributed by atoms with Gasteiger partial charge in [-0.2, -0.15) is 67.2 Å². The van der Waals surface area contributed by atoms with E-state index in [-0.39, 0.29) is 0 Å². The Bertz CT molecular complexity index is 1940. The van der Waals surface area contributed by atoms with Crippen molar-refractivity contribution in [3.05, 3.63) is 0 Å². The van der Waals surface area contributed by atoms with Gasteiger partial charge in [0.2, 0.25) is 5.41 Å². The van der Waals surface area contributed by atoms with Crippen LogP contribution in [0.25, 0.3) is 0 Å². The Labute approximate surface area is 257 Å². The Kier molecular flexibility index (Phi) is 8.70. The molecule has 0 amide bonds. The van der Waals surface area contributed by atoms with Crippen LogP contribution in [0, 0.1) is 5.41 Å². The zero-order chi connectivity index (χ0) is 35.9. The van der Waals surface area contributed by atoms with Gasteiger partial charge >= 0.3 is 97.8 Å². The smallest absolute Gasteiger partial charge is 0.323 e. The lowest BCUT2D eigenvalue weighted by Crippen LogP contribution is -2.56. The molecule has 36 heteroatoms. The van der Waals surface area contributed by atoms with Crippen LogP contribution in [-0.2, 0) is 132 Å². The lowest BCUT2D eigenvalue weighted by molar-refractivity contribution is -0.219. The van der Waals surface area contributed by atoms with E-state index in [1.165, 1.54) is 0 Å². The van der Waals surface area contributed by atoms with Crippen LogP contribution in [0.4, 0.5) is 8.78 Å². The van der Waals surface area contributed by atoms with Gasteiger partial charge < -0.3 is 16.7 Å². The Balaban J connectivity index is 0.000000160. The van der Waals surface area contributed by atoms with Gasteiger partial charge in [0.15, 0.2) is 0 Å². The van der Waals surface area contributed by atoms with Crippen molar-refractivity contribution in [3.63, 3.8) is 0 Å². The minimum Gasteiger partial charge on any atom is -0.323 e. The number of halogens is 2. The van der Waals surface area contributed by atoms with Crippen LogP contribution in [0.3, 0.4) is 0 Å². The molecule has 0 saturated carbocycles. The molecule has 6 saturated heterocycles. The van der Waals surface area contributed by atoms with Gasteiger partial charge in [-0.15, -0.1) is 0 Å². The van der Waals surface area contributed by atoms with Gasteiger partial charge in [-0.25, -0.2) is 44.7 Å². The van der Waals surface area contributed by atoms with Crippen molar-refractivity contribution >= 4 is 86.3 Å². The molecule has 0 aromatic heterocycles. The SMILES string of the molecule is O=C1OS(=O)(=O)OC12OS(=O)(=O)OC2=O.O=C1OS(=O)(=O)OCC12COS(=O)(=O)OC2=O.O=S1(=O)OC(F)C2(O1)OS(=O)(=O)OC2F. The van der Waals surface area contributed by atoms with E-state index in [0.29, 0.717) is 0 Å². The van der Waals surface area contributed by atoms with E-state index in [1.54, 1.807) is 0 Å². The quantitative estimate of drug-likeness (QED) is 0.205. The molecule has 2 unspecified atom stereocenters. The summed E-state index contributed by atoms with van der Waals surface area (Å²) in [4.78, 5) is 44.5. The number of rotatable bonds is 0. The van der Waals surface area contributed by atoms with Gasteiger partial charge in [0.05, 0.1) is 13.2 Å². The third kappa shape index (κ3) is 7.13. The summed E-state index contributed by atoms with van der Waals surface area (Å²) in [7, 11) is -28.4. The van der Waals surface area contributed by atoms with Crippen molar-refractivity contribution in [2.75, 3.05) is 13.2 Å². The average Bonchev–Trinajstić information content (AvgIpc) is 3.42. The van der Waals surface area contributed by atoms with E-state index in [1.807, 2.05) is 0 Å². The van der Waals surface area contributed by atoms with E-state index in [9.17, 15) is 78.5 Å². The monoisotopic (exact) mass is 816 g/mol. The standard InChI is InChI=1S/C5H4O10S2.C3H2F2O8S2.C3O10S2/c6-3-5(1-12-16(8,9)14-3)2-13-17(10,11)15-4(5)7;2*4-1-3(12-14(6,7)10-1)2(5)11-15(8,9)13-3/h1-2H2;1-2H;. The van der Waals surface area contributed by atoms with Crippen molar-refractivity contribution in [3.8, 4) is 0 Å². The molecule has 0 bridgehead atoms. The fraction of sp³-hybridized carbons (Fsp3) is 0.636. The van der Waals surface area contributed by atoms with Crippen LogP contribution >= 0.6 is 0 Å². The lowest BCUT2D eigenvalue weighted by atomic mass is 9.91. The number of hydrogen-bond donors (Lipinski definition) is 0. The Morgan fingerprint density at radius 3 is 1.02 bits per heavy atom. The maximum absolute atomic E-state index is 12.9. The summed E-state index contributed by atoms with van der Waals surface area (Å²) in [6.45, 7) is -1.88. The first-order valence-electron chi connectivity index (χ1n) is 10.2. The molecule has 6 rings (SSSR count). The highest BCUT2D eigenvalue weighted by atomic mass is 32.3. The maximum Gasteiger partial charge on any atom is 0.455 e. The number of alkyl halides is 2. The number of carbonyl (C=O) groups excluding carboxylic acids is 4. The van der Waals surface area contributed by atoms with Crippen LogP contribution in [0.2, 0.25) is 0 Å². The highest BCUT2D eigenvalue weighted by Gasteiger charge is 2.72. The summed E-state index contributed by atoms with van der Waals surface area (Å²) in [5.74, 6) is -13.2. The second kappa shape index (κ2) is 11.1. The molecule has 3 spiro atoms. The fourth-order valence-corrected chi connectivity index (χ4v) is 7.82. The summed E-state index contributed by atoms with van der Waals surface area (Å²) in [5.41, 5.74) is -2.24. The third-order valence-electron chi connectivity index (χ3n) is 4.87. The summed E-state index contributed by atoms with van der Waals surface area (Å²) in [5, 5.41) is 0. The van der Waals surface area contributed by atoms with E-state index in [0.717, 1.165) is 0 Å². The minimum atomic E-state index is -4.85. The second-order valence-electron chi connectivity index (χ2n) is 8.04. The molecule has 2 atom stereocenters. The van der Waals surface area contributed by atoms with E-state index in [4.69, 9.17) is 0 Å². The Morgan fingerprint density at radius 2 is 0.787 bits per heavy atom. The first-order chi connectivity index (χ1) is 21.0. The molecular weight excluding hydrogens is 810 g/mol. The first kappa shape index (κ1) is 36.9. The third-order valence-corrected chi connectivity index (χ3v) is 9.72. The van der Waals surface area contributed by atoms with Crippen LogP contribution in [0.15, 0.2) is 0 Å². The summed E-state index contributed by atoms with van der Waals surface area (Å²) in [6, 6.07) is 0. The molecule has 6 aliphatic rings. The molecule has 47 heavy (non-hydrogen) atoms. The summed E-state index contributed by atoms with van der Waals surface area (Å²) < 4.78 is 199. The van der Waals surface area contributed by atoms with Gasteiger partial charge in [0, 0.05) is 0 Å². The zero-order valence-corrected chi connectivity index (χ0v) is 25.6. The molecule has 0 N–H and O–H groups in total. The average molecular weight is 817 g/mol.